The predicted octanol–water partition coefficient (Wildman–Crippen LogP) is 5.12. The first-order valence-electron chi connectivity index (χ1n) is 9.82. The van der Waals surface area contributed by atoms with E-state index in [1.807, 2.05) is 13.0 Å². The molecule has 0 fully saturated rings. The third-order valence-corrected chi connectivity index (χ3v) is 4.89. The van der Waals surface area contributed by atoms with Crippen LogP contribution in [0.4, 0.5) is 5.69 Å². The molecule has 0 spiro atoms. The van der Waals surface area contributed by atoms with Crippen molar-refractivity contribution in [2.24, 2.45) is 0 Å². The summed E-state index contributed by atoms with van der Waals surface area (Å²) in [6.07, 6.45) is 0.931. The Morgan fingerprint density at radius 3 is 2.52 bits per heavy atom. The smallest absolute Gasteiger partial charge is 0.255 e. The summed E-state index contributed by atoms with van der Waals surface area (Å²) < 4.78 is 10.7. The Morgan fingerprint density at radius 2 is 1.81 bits per heavy atom. The number of carbonyl (C=O) groups excluding carboxylic acids is 1. The van der Waals surface area contributed by atoms with Crippen LogP contribution in [-0.2, 0) is 0 Å². The molecule has 0 aliphatic heterocycles. The van der Waals surface area contributed by atoms with E-state index in [0.29, 0.717) is 45.4 Å². The second-order valence-corrected chi connectivity index (χ2v) is 7.25. The maximum absolute atomic E-state index is 12.6. The number of benzene rings is 3. The van der Waals surface area contributed by atoms with Gasteiger partial charge in [-0.05, 0) is 67.1 Å². The van der Waals surface area contributed by atoms with Crippen LogP contribution in [-0.4, -0.2) is 34.6 Å². The Labute approximate surface area is 184 Å². The number of halogens is 1. The zero-order valence-electron chi connectivity index (χ0n) is 17.1. The minimum atomic E-state index is -0.212. The van der Waals surface area contributed by atoms with Gasteiger partial charge in [-0.25, -0.2) is 0 Å². The molecule has 1 heterocycles. The van der Waals surface area contributed by atoms with E-state index in [9.17, 15) is 4.79 Å². The lowest BCUT2D eigenvalue weighted by atomic mass is 10.2. The summed E-state index contributed by atoms with van der Waals surface area (Å²) in [5, 5.41) is 12.3. The molecule has 1 N–H and O–H groups in total. The van der Waals surface area contributed by atoms with Gasteiger partial charge in [-0.3, -0.25) is 4.79 Å². The highest BCUT2D eigenvalue weighted by Crippen LogP contribution is 2.27. The van der Waals surface area contributed by atoms with Gasteiger partial charge in [0.2, 0.25) is 0 Å². The zero-order chi connectivity index (χ0) is 21.8. The molecule has 0 saturated carbocycles. The number of rotatable bonds is 7. The van der Waals surface area contributed by atoms with Gasteiger partial charge in [0.1, 0.15) is 22.5 Å². The summed E-state index contributed by atoms with van der Waals surface area (Å²) in [5.41, 5.74) is 3.22. The number of ether oxygens (including phenoxy) is 2. The van der Waals surface area contributed by atoms with Crippen molar-refractivity contribution in [3.05, 3.63) is 71.2 Å². The van der Waals surface area contributed by atoms with Crippen LogP contribution in [0.25, 0.3) is 16.7 Å². The van der Waals surface area contributed by atoms with E-state index in [2.05, 4.69) is 15.5 Å². The number of hydrogen-bond acceptors (Lipinski definition) is 5. The SMILES string of the molecule is CCCOc1ccc(C(=O)Nc2ccc3nn(-c4ccc(OC)c(Cl)c4)nc3c2)cc1. The maximum Gasteiger partial charge on any atom is 0.255 e. The van der Waals surface area contributed by atoms with Gasteiger partial charge < -0.3 is 14.8 Å². The lowest BCUT2D eigenvalue weighted by Crippen LogP contribution is -2.11. The zero-order valence-corrected chi connectivity index (χ0v) is 17.9. The van der Waals surface area contributed by atoms with E-state index in [1.54, 1.807) is 61.7 Å². The van der Waals surface area contributed by atoms with Crippen molar-refractivity contribution in [2.75, 3.05) is 19.0 Å². The average molecular weight is 437 g/mol. The van der Waals surface area contributed by atoms with Crippen molar-refractivity contribution < 1.29 is 14.3 Å². The fourth-order valence-corrected chi connectivity index (χ4v) is 3.27. The first-order valence-corrected chi connectivity index (χ1v) is 10.2. The third-order valence-electron chi connectivity index (χ3n) is 4.59. The van der Waals surface area contributed by atoms with Gasteiger partial charge in [0, 0.05) is 11.3 Å². The Hall–Kier alpha value is -3.58. The molecule has 4 rings (SSSR count). The number of carbonyl (C=O) groups is 1. The normalized spacial score (nSPS) is 10.8. The molecule has 3 aromatic carbocycles. The molecule has 0 saturated heterocycles. The molecule has 0 unspecified atom stereocenters. The standard InChI is InChI=1S/C23H21ClN4O3/c1-3-12-31-18-8-4-15(5-9-18)23(29)25-16-6-10-20-21(13-16)27-28(26-20)17-7-11-22(30-2)19(24)14-17/h4-11,13-14H,3,12H2,1-2H3,(H,25,29). The largest absolute Gasteiger partial charge is 0.495 e. The van der Waals surface area contributed by atoms with Gasteiger partial charge in [-0.15, -0.1) is 10.2 Å². The van der Waals surface area contributed by atoms with Gasteiger partial charge in [-0.1, -0.05) is 18.5 Å². The topological polar surface area (TPSA) is 78.3 Å². The summed E-state index contributed by atoms with van der Waals surface area (Å²) in [6.45, 7) is 2.69. The Balaban J connectivity index is 1.51. The quantitative estimate of drug-likeness (QED) is 0.435. The summed E-state index contributed by atoms with van der Waals surface area (Å²) in [4.78, 5) is 14.1. The molecule has 0 aliphatic rings. The lowest BCUT2D eigenvalue weighted by Gasteiger charge is -2.07. The van der Waals surface area contributed by atoms with Gasteiger partial charge in [0.15, 0.2) is 0 Å². The van der Waals surface area contributed by atoms with E-state index in [4.69, 9.17) is 21.1 Å². The Bertz CT molecular complexity index is 1220. The molecule has 0 radical (unpaired) electrons. The first kappa shape index (κ1) is 20.7. The molecule has 8 heteroatoms. The van der Waals surface area contributed by atoms with Crippen molar-refractivity contribution in [1.82, 2.24) is 15.0 Å². The molecule has 0 aliphatic carbocycles. The van der Waals surface area contributed by atoms with E-state index < -0.39 is 0 Å². The molecule has 7 nitrogen and oxygen atoms in total. The second kappa shape index (κ2) is 9.06. The van der Waals surface area contributed by atoms with E-state index in [1.165, 1.54) is 4.80 Å². The van der Waals surface area contributed by atoms with E-state index in [0.717, 1.165) is 12.2 Å². The molecular formula is C23H21ClN4O3. The monoisotopic (exact) mass is 436 g/mol. The number of hydrogen-bond donors (Lipinski definition) is 1. The number of anilines is 1. The van der Waals surface area contributed by atoms with Crippen LogP contribution in [0.5, 0.6) is 11.5 Å². The summed E-state index contributed by atoms with van der Waals surface area (Å²) >= 11 is 6.20. The summed E-state index contributed by atoms with van der Waals surface area (Å²) in [5.74, 6) is 1.11. The Kier molecular flexibility index (Phi) is 6.04. The molecule has 4 aromatic rings. The molecule has 1 amide bonds. The van der Waals surface area contributed by atoms with Crippen molar-refractivity contribution in [1.29, 1.82) is 0 Å². The number of nitrogens with one attached hydrogen (secondary N) is 1. The average Bonchev–Trinajstić information content (AvgIpc) is 3.21. The van der Waals surface area contributed by atoms with Crippen LogP contribution in [0, 0.1) is 0 Å². The van der Waals surface area contributed by atoms with Crippen molar-refractivity contribution >= 4 is 34.2 Å². The van der Waals surface area contributed by atoms with Gasteiger partial charge >= 0.3 is 0 Å². The molecule has 0 atom stereocenters. The lowest BCUT2D eigenvalue weighted by molar-refractivity contribution is 0.102. The van der Waals surface area contributed by atoms with Crippen LogP contribution in [0.15, 0.2) is 60.7 Å². The van der Waals surface area contributed by atoms with Gasteiger partial charge in [0.25, 0.3) is 5.91 Å². The second-order valence-electron chi connectivity index (χ2n) is 6.84. The maximum atomic E-state index is 12.6. The minimum absolute atomic E-state index is 0.212. The van der Waals surface area contributed by atoms with Crippen molar-refractivity contribution in [3.63, 3.8) is 0 Å². The van der Waals surface area contributed by atoms with Gasteiger partial charge in [0.05, 0.1) is 24.4 Å². The van der Waals surface area contributed by atoms with E-state index in [-0.39, 0.29) is 5.91 Å². The van der Waals surface area contributed by atoms with Crippen LogP contribution in [0.1, 0.15) is 23.7 Å². The predicted molar refractivity (Wildman–Crippen MR) is 121 cm³/mol. The van der Waals surface area contributed by atoms with Crippen LogP contribution < -0.4 is 14.8 Å². The minimum Gasteiger partial charge on any atom is -0.495 e. The fraction of sp³-hybridized carbons (Fsp3) is 0.174. The number of nitrogens with zero attached hydrogens (tertiary/aromatic N) is 3. The fourth-order valence-electron chi connectivity index (χ4n) is 3.01. The highest BCUT2D eigenvalue weighted by atomic mass is 35.5. The molecule has 31 heavy (non-hydrogen) atoms. The van der Waals surface area contributed by atoms with E-state index >= 15 is 0 Å². The van der Waals surface area contributed by atoms with Gasteiger partial charge in [-0.2, -0.15) is 4.80 Å². The number of fused-ring (bicyclic) bond motifs is 1. The molecule has 158 valence electrons. The Morgan fingerprint density at radius 1 is 1.03 bits per heavy atom. The summed E-state index contributed by atoms with van der Waals surface area (Å²) in [7, 11) is 1.56. The van der Waals surface area contributed by atoms with Crippen LogP contribution >= 0.6 is 11.6 Å². The highest BCUT2D eigenvalue weighted by molar-refractivity contribution is 6.32. The molecule has 0 bridgehead atoms. The number of aromatic nitrogens is 3. The highest BCUT2D eigenvalue weighted by Gasteiger charge is 2.11. The van der Waals surface area contributed by atoms with Crippen LogP contribution in [0.3, 0.4) is 0 Å². The van der Waals surface area contributed by atoms with Crippen molar-refractivity contribution in [2.45, 2.75) is 13.3 Å². The molecular weight excluding hydrogens is 416 g/mol. The number of methoxy groups -OCH3 is 1. The third kappa shape index (κ3) is 4.62. The van der Waals surface area contributed by atoms with Crippen LogP contribution in [0.2, 0.25) is 5.02 Å². The number of amides is 1. The first-order chi connectivity index (χ1) is 15.1. The van der Waals surface area contributed by atoms with Crippen molar-refractivity contribution in [3.8, 4) is 17.2 Å². The molecule has 1 aromatic heterocycles. The summed E-state index contributed by atoms with van der Waals surface area (Å²) in [6, 6.07) is 17.7.